The van der Waals surface area contributed by atoms with Crippen molar-refractivity contribution in [2.24, 2.45) is 21.1 Å². The lowest BCUT2D eigenvalue weighted by atomic mass is 9.98. The Labute approximate surface area is 584 Å². The van der Waals surface area contributed by atoms with Crippen molar-refractivity contribution in [3.8, 4) is 11.8 Å². The van der Waals surface area contributed by atoms with Crippen molar-refractivity contribution in [3.63, 3.8) is 0 Å². The summed E-state index contributed by atoms with van der Waals surface area (Å²) in [5, 5.41) is 8.43. The van der Waals surface area contributed by atoms with Crippen molar-refractivity contribution < 1.29 is 0 Å². The molecule has 12 heterocycles. The molecule has 0 atom stereocenters. The van der Waals surface area contributed by atoms with Gasteiger partial charge in [0.2, 0.25) is 0 Å². The highest BCUT2D eigenvalue weighted by Crippen LogP contribution is 2.38. The zero-order valence-electron chi connectivity index (χ0n) is 60.4. The van der Waals surface area contributed by atoms with Crippen molar-refractivity contribution >= 4 is 78.7 Å². The summed E-state index contributed by atoms with van der Waals surface area (Å²) in [5.41, 5.74) is 35.6. The van der Waals surface area contributed by atoms with Gasteiger partial charge in [0.1, 0.15) is 0 Å². The first-order chi connectivity index (χ1) is 47.2. The van der Waals surface area contributed by atoms with E-state index in [4.69, 9.17) is 0 Å². The van der Waals surface area contributed by atoms with Crippen LogP contribution in [-0.2, 0) is 85.8 Å². The molecule has 0 unspecified atom stereocenters. The number of allylic oxidation sites excluding steroid dienone is 1. The highest BCUT2D eigenvalue weighted by Gasteiger charge is 2.26. The fourth-order valence-electron chi connectivity index (χ4n) is 15.4. The Balaban J connectivity index is 0.000000118. The molecule has 4 aromatic carbocycles. The quantitative estimate of drug-likeness (QED) is 0.158. The first-order valence-corrected chi connectivity index (χ1v) is 35.8. The Morgan fingerprint density at radius 3 is 1.56 bits per heavy atom. The standard InChI is InChI=1S/C23H27N3.C22H27N3.C22H25N3.C18H17N3S/c1-15-10-19(12-16(2)18-7-6-17(3)24-13-18)23-20(11-15)21-14-25(4)9-8-22(21)26(23)5;2*1-15-11-18(8-7-17-6-5-16(2)23-13-17)22-19(12-15)20-14-24(3)10-9-21(20)25(22)4;1-12-9-13(3-4-17-19-6-8-22-17)18-14(10-12)15-11-21(2)7-5-16(15)20-18/h6-7,10-13H,8-9,14H2,1-5H3;5-6,11-13H,7-10,14H2,1-4H3;5-8,11-13H,9-10,14H2,1-4H3;6,8-10,20H,5,7,11H2,1-2H3/b16-12+;;8-7+;. The molecule has 4 aliphatic rings. The second-order valence-corrected chi connectivity index (χ2v) is 29.4. The van der Waals surface area contributed by atoms with Gasteiger partial charge in [0.05, 0.1) is 22.1 Å². The van der Waals surface area contributed by atoms with Gasteiger partial charge in [-0.15, -0.1) is 11.3 Å². The minimum Gasteiger partial charge on any atom is -0.357 e. The number of nitrogens with one attached hydrogen (secondary N) is 1. The number of rotatable bonds is 7. The molecule has 0 amide bonds. The largest absolute Gasteiger partial charge is 0.357 e. The Kier molecular flexibility index (Phi) is 19.9. The third kappa shape index (κ3) is 14.5. The number of hydrogen-bond donors (Lipinski definition) is 1. The lowest BCUT2D eigenvalue weighted by molar-refractivity contribution is 0.310. The van der Waals surface area contributed by atoms with Crippen LogP contribution < -0.4 is 0 Å². The predicted octanol–water partition coefficient (Wildman–Crippen LogP) is 16.4. The number of H-pyrrole nitrogens is 1. The summed E-state index contributed by atoms with van der Waals surface area (Å²) in [4.78, 5) is 30.8. The highest BCUT2D eigenvalue weighted by molar-refractivity contribution is 7.10. The maximum atomic E-state index is 4.45. The van der Waals surface area contributed by atoms with Gasteiger partial charge in [0.25, 0.3) is 0 Å². The van der Waals surface area contributed by atoms with Gasteiger partial charge >= 0.3 is 0 Å². The van der Waals surface area contributed by atoms with Crippen molar-refractivity contribution in [2.45, 2.75) is 120 Å². The molecule has 12 aromatic rings. The molecule has 8 aromatic heterocycles. The molecular weight excluding hydrogens is 1220 g/mol. The Morgan fingerprint density at radius 1 is 0.490 bits per heavy atom. The van der Waals surface area contributed by atoms with Gasteiger partial charge in [-0.1, -0.05) is 47.9 Å². The average Bonchev–Trinajstić information content (AvgIpc) is 1.62. The zero-order chi connectivity index (χ0) is 68.6. The van der Waals surface area contributed by atoms with Crippen LogP contribution in [0.25, 0.3) is 67.4 Å². The summed E-state index contributed by atoms with van der Waals surface area (Å²) < 4.78 is 7.29. The molecule has 12 nitrogen and oxygen atoms in total. The summed E-state index contributed by atoms with van der Waals surface area (Å²) in [6.45, 7) is 25.7. The smallest absolute Gasteiger partial charge is 0.167 e. The fourth-order valence-corrected chi connectivity index (χ4v) is 15.9. The van der Waals surface area contributed by atoms with E-state index >= 15 is 0 Å². The van der Waals surface area contributed by atoms with E-state index in [0.29, 0.717) is 0 Å². The highest BCUT2D eigenvalue weighted by atomic mass is 32.1. The van der Waals surface area contributed by atoms with Gasteiger partial charge in [-0.05, 0) is 247 Å². The van der Waals surface area contributed by atoms with Gasteiger partial charge < -0.3 is 38.3 Å². The lowest BCUT2D eigenvalue weighted by Crippen LogP contribution is -2.26. The number of aromatic amines is 1. The van der Waals surface area contributed by atoms with Crippen LogP contribution in [0.2, 0.25) is 0 Å². The number of fused-ring (bicyclic) bond motifs is 12. The van der Waals surface area contributed by atoms with Gasteiger partial charge in [-0.25, -0.2) is 4.98 Å². The number of benzene rings is 4. The van der Waals surface area contributed by atoms with E-state index in [1.165, 1.54) is 144 Å². The van der Waals surface area contributed by atoms with E-state index in [9.17, 15) is 0 Å². The number of nitrogens with zero attached hydrogens (tertiary/aromatic N) is 11. The second-order valence-electron chi connectivity index (χ2n) is 28.5. The van der Waals surface area contributed by atoms with E-state index in [2.05, 4.69) is 257 Å². The zero-order valence-corrected chi connectivity index (χ0v) is 61.2. The number of pyridine rings is 3. The van der Waals surface area contributed by atoms with Crippen LogP contribution in [0, 0.1) is 60.3 Å². The minimum atomic E-state index is 0.866. The number of thiazole rings is 1. The van der Waals surface area contributed by atoms with Crippen LogP contribution in [-0.4, -0.2) is 113 Å². The molecule has 0 saturated carbocycles. The summed E-state index contributed by atoms with van der Waals surface area (Å²) in [6, 6.07) is 31.2. The maximum Gasteiger partial charge on any atom is 0.167 e. The SMILES string of the molecule is C/C(=C\c1cc(C)cc2c3c(n(C)c12)CCN(C)C3)c1ccc(C)nc1.Cc1cc(/C=C/c2ccc(C)nc2)c2c(c1)c1c(n2C)CCN(C)C1.Cc1cc(C#Cc2nccs2)c2[nH]c3c(c2c1)CN(C)CC3.Cc1cc(CCc2ccc(C)nc2)c2c(c1)c1c(n2C)CCN(C)C1. The average molecular weight is 1320 g/mol. The molecule has 0 saturated heterocycles. The Morgan fingerprint density at radius 2 is 1.00 bits per heavy atom. The summed E-state index contributed by atoms with van der Waals surface area (Å²) in [5.74, 6) is 6.48. The minimum absolute atomic E-state index is 0.866. The van der Waals surface area contributed by atoms with E-state index < -0.39 is 0 Å². The van der Waals surface area contributed by atoms with Gasteiger partial charge in [-0.2, -0.15) is 0 Å². The topological polar surface area (TPSA) is 95.1 Å². The summed E-state index contributed by atoms with van der Waals surface area (Å²) in [7, 11) is 15.5. The van der Waals surface area contributed by atoms with Gasteiger partial charge in [0.15, 0.2) is 5.01 Å². The lowest BCUT2D eigenvalue weighted by Gasteiger charge is -2.23. The monoisotopic (exact) mass is 1320 g/mol. The predicted molar refractivity (Wildman–Crippen MR) is 411 cm³/mol. The van der Waals surface area contributed by atoms with Crippen LogP contribution >= 0.6 is 11.3 Å². The van der Waals surface area contributed by atoms with Gasteiger partial charge in [-0.3, -0.25) is 15.0 Å². The molecule has 0 fully saturated rings. The van der Waals surface area contributed by atoms with Gasteiger partial charge in [0, 0.05) is 196 Å². The number of aromatic nitrogens is 8. The van der Waals surface area contributed by atoms with Crippen LogP contribution in [0.4, 0.5) is 0 Å². The normalized spacial score (nSPS) is 15.1. The fraction of sp³-hybridized carbons (Fsp3) is 0.341. The Bertz CT molecular complexity index is 5060. The summed E-state index contributed by atoms with van der Waals surface area (Å²) in [6.07, 6.45) is 21.0. The molecule has 98 heavy (non-hydrogen) atoms. The van der Waals surface area contributed by atoms with Crippen molar-refractivity contribution in [1.82, 2.24) is 58.2 Å². The number of aryl methyl sites for hydroxylation is 12. The second kappa shape index (κ2) is 28.8. The molecule has 0 spiro atoms. The van der Waals surface area contributed by atoms with Crippen LogP contribution in [0.5, 0.6) is 0 Å². The first kappa shape index (κ1) is 67.6. The molecule has 0 bridgehead atoms. The maximum absolute atomic E-state index is 4.45. The van der Waals surface area contributed by atoms with E-state index in [1.54, 1.807) is 17.5 Å². The van der Waals surface area contributed by atoms with Crippen LogP contribution in [0.15, 0.2) is 115 Å². The molecule has 4 aliphatic heterocycles. The van der Waals surface area contributed by atoms with E-state index in [1.807, 2.05) is 44.7 Å². The van der Waals surface area contributed by atoms with Crippen molar-refractivity contribution in [1.29, 1.82) is 0 Å². The molecule has 0 aliphatic carbocycles. The Hall–Kier alpha value is -9.00. The van der Waals surface area contributed by atoms with E-state index in [-0.39, 0.29) is 0 Å². The first-order valence-electron chi connectivity index (χ1n) is 34.9. The van der Waals surface area contributed by atoms with Crippen molar-refractivity contribution in [3.05, 3.63) is 243 Å². The molecule has 16 rings (SSSR count). The third-order valence-electron chi connectivity index (χ3n) is 20.6. The number of likely N-dealkylation sites (N-methyl/N-ethyl adjacent to an activating group) is 4. The molecule has 0 radical (unpaired) electrons. The number of hydrogen-bond acceptors (Lipinski definition) is 9. The summed E-state index contributed by atoms with van der Waals surface area (Å²) >= 11 is 1.58. The third-order valence-corrected chi connectivity index (χ3v) is 21.2. The van der Waals surface area contributed by atoms with Crippen molar-refractivity contribution in [2.75, 3.05) is 54.4 Å². The van der Waals surface area contributed by atoms with Crippen LogP contribution in [0.3, 0.4) is 0 Å². The van der Waals surface area contributed by atoms with Crippen LogP contribution in [0.1, 0.15) is 135 Å². The molecule has 13 heteroatoms. The molecule has 502 valence electrons. The molecule has 1 N–H and O–H groups in total. The molecular formula is C85H96N12S. The van der Waals surface area contributed by atoms with E-state index in [0.717, 1.165) is 124 Å².